The second-order valence-corrected chi connectivity index (χ2v) is 5.78. The summed E-state index contributed by atoms with van der Waals surface area (Å²) in [6.45, 7) is 4.34. The molecule has 0 bridgehead atoms. The van der Waals surface area contributed by atoms with Crippen molar-refractivity contribution < 1.29 is 9.13 Å². The van der Waals surface area contributed by atoms with E-state index in [4.69, 9.17) is 4.74 Å². The van der Waals surface area contributed by atoms with Gasteiger partial charge in [-0.25, -0.2) is 4.39 Å². The van der Waals surface area contributed by atoms with Gasteiger partial charge in [0, 0.05) is 11.0 Å². The minimum Gasteiger partial charge on any atom is -0.486 e. The van der Waals surface area contributed by atoms with Gasteiger partial charge in [-0.15, -0.1) is 0 Å². The fraction of sp³-hybridized carbons (Fsp3) is 0.294. The van der Waals surface area contributed by atoms with Crippen LogP contribution in [0.15, 0.2) is 46.9 Å². The molecular formula is C17H19BrFNO. The first-order chi connectivity index (χ1) is 10.2. The van der Waals surface area contributed by atoms with Gasteiger partial charge in [0.2, 0.25) is 0 Å². The highest BCUT2D eigenvalue weighted by molar-refractivity contribution is 9.10. The van der Waals surface area contributed by atoms with Gasteiger partial charge in [0.1, 0.15) is 6.61 Å². The fourth-order valence-corrected chi connectivity index (χ4v) is 2.33. The first kappa shape index (κ1) is 16.0. The van der Waals surface area contributed by atoms with Crippen molar-refractivity contribution in [3.05, 3.63) is 63.9 Å². The molecule has 0 heterocycles. The van der Waals surface area contributed by atoms with Crippen molar-refractivity contribution in [2.24, 2.45) is 0 Å². The van der Waals surface area contributed by atoms with Crippen LogP contribution >= 0.6 is 15.9 Å². The molecule has 2 aromatic carbocycles. The fourth-order valence-electron chi connectivity index (χ4n) is 1.99. The number of hydrogen-bond acceptors (Lipinski definition) is 2. The third-order valence-corrected chi connectivity index (χ3v) is 3.53. The molecule has 2 rings (SSSR count). The zero-order valence-corrected chi connectivity index (χ0v) is 13.6. The van der Waals surface area contributed by atoms with Crippen molar-refractivity contribution in [2.45, 2.75) is 26.5 Å². The monoisotopic (exact) mass is 351 g/mol. The summed E-state index contributed by atoms with van der Waals surface area (Å²) < 4.78 is 20.0. The molecule has 0 radical (unpaired) electrons. The molecule has 0 saturated heterocycles. The summed E-state index contributed by atoms with van der Waals surface area (Å²) in [5, 5.41) is 3.36. The Bertz CT molecular complexity index is 589. The van der Waals surface area contributed by atoms with E-state index in [1.165, 1.54) is 11.6 Å². The summed E-state index contributed by atoms with van der Waals surface area (Å²) in [5.74, 6) is -0.0853. The Labute approximate surface area is 133 Å². The summed E-state index contributed by atoms with van der Waals surface area (Å²) in [7, 11) is 0. The average molecular weight is 352 g/mol. The van der Waals surface area contributed by atoms with E-state index in [1.54, 1.807) is 12.1 Å². The Morgan fingerprint density at radius 2 is 1.95 bits per heavy atom. The van der Waals surface area contributed by atoms with Gasteiger partial charge in [-0.1, -0.05) is 47.1 Å². The van der Waals surface area contributed by atoms with Crippen LogP contribution in [0, 0.1) is 5.82 Å². The largest absolute Gasteiger partial charge is 0.486 e. The van der Waals surface area contributed by atoms with Gasteiger partial charge >= 0.3 is 0 Å². The maximum atomic E-state index is 13.6. The highest BCUT2D eigenvalue weighted by Gasteiger charge is 2.04. The maximum Gasteiger partial charge on any atom is 0.165 e. The number of benzene rings is 2. The molecule has 0 aliphatic rings. The molecule has 0 aliphatic carbocycles. The van der Waals surface area contributed by atoms with E-state index < -0.39 is 0 Å². The van der Waals surface area contributed by atoms with Gasteiger partial charge in [0.15, 0.2) is 11.6 Å². The van der Waals surface area contributed by atoms with Crippen LogP contribution in [0.3, 0.4) is 0 Å². The van der Waals surface area contributed by atoms with Crippen LogP contribution < -0.4 is 10.1 Å². The summed E-state index contributed by atoms with van der Waals surface area (Å²) in [5.41, 5.74) is 2.24. The van der Waals surface area contributed by atoms with E-state index >= 15 is 0 Å². The van der Waals surface area contributed by atoms with Crippen molar-refractivity contribution >= 4 is 15.9 Å². The molecule has 0 fully saturated rings. The van der Waals surface area contributed by atoms with Gasteiger partial charge in [0.25, 0.3) is 0 Å². The van der Waals surface area contributed by atoms with Gasteiger partial charge in [-0.2, -0.15) is 0 Å². The maximum absolute atomic E-state index is 13.6. The molecular weight excluding hydrogens is 333 g/mol. The minimum atomic E-state index is -0.348. The van der Waals surface area contributed by atoms with Crippen LogP contribution in [0.4, 0.5) is 4.39 Å². The Hall–Kier alpha value is -1.39. The van der Waals surface area contributed by atoms with Crippen LogP contribution in [0.5, 0.6) is 5.75 Å². The molecule has 0 unspecified atom stereocenters. The summed E-state index contributed by atoms with van der Waals surface area (Å²) >= 11 is 3.31. The van der Waals surface area contributed by atoms with Gasteiger partial charge < -0.3 is 10.1 Å². The second-order valence-electron chi connectivity index (χ2n) is 4.86. The van der Waals surface area contributed by atoms with Crippen molar-refractivity contribution in [2.75, 3.05) is 6.54 Å². The Morgan fingerprint density at radius 1 is 1.14 bits per heavy atom. The van der Waals surface area contributed by atoms with Crippen molar-refractivity contribution in [3.8, 4) is 5.75 Å². The molecule has 0 amide bonds. The molecule has 0 spiro atoms. The summed E-state index contributed by atoms with van der Waals surface area (Å²) in [4.78, 5) is 0. The van der Waals surface area contributed by atoms with Crippen LogP contribution in [-0.2, 0) is 13.2 Å². The molecule has 0 atom stereocenters. The van der Waals surface area contributed by atoms with E-state index in [9.17, 15) is 4.39 Å². The lowest BCUT2D eigenvalue weighted by atomic mass is 10.1. The molecule has 21 heavy (non-hydrogen) atoms. The van der Waals surface area contributed by atoms with Crippen molar-refractivity contribution in [1.29, 1.82) is 0 Å². The zero-order valence-electron chi connectivity index (χ0n) is 12.0. The molecule has 2 nitrogen and oxygen atoms in total. The third kappa shape index (κ3) is 5.14. The van der Waals surface area contributed by atoms with Crippen LogP contribution in [0.2, 0.25) is 0 Å². The topological polar surface area (TPSA) is 21.3 Å². The number of nitrogens with one attached hydrogen (secondary N) is 1. The molecule has 112 valence electrons. The standard InChI is InChI=1S/C17H19BrFNO/c1-2-8-20-11-13-4-3-5-14(9-13)12-21-17-10-15(18)6-7-16(17)19/h3-7,9-10,20H,2,8,11-12H2,1H3. The van der Waals surface area contributed by atoms with E-state index in [0.717, 1.165) is 29.5 Å². The first-order valence-electron chi connectivity index (χ1n) is 7.05. The lowest BCUT2D eigenvalue weighted by Crippen LogP contribution is -2.13. The Kier molecular flexibility index (Phi) is 6.21. The molecule has 0 saturated carbocycles. The molecule has 4 heteroatoms. The SMILES string of the molecule is CCCNCc1cccc(COc2cc(Br)ccc2F)c1. The molecule has 0 aliphatic heterocycles. The van der Waals surface area contributed by atoms with Gasteiger partial charge in [-0.3, -0.25) is 0 Å². The minimum absolute atomic E-state index is 0.263. The van der Waals surface area contributed by atoms with E-state index in [0.29, 0.717) is 6.61 Å². The van der Waals surface area contributed by atoms with Crippen molar-refractivity contribution in [1.82, 2.24) is 5.32 Å². The highest BCUT2D eigenvalue weighted by Crippen LogP contribution is 2.23. The van der Waals surface area contributed by atoms with Crippen LogP contribution in [-0.4, -0.2) is 6.54 Å². The quantitative estimate of drug-likeness (QED) is 0.732. The average Bonchev–Trinajstić information content (AvgIpc) is 2.49. The lowest BCUT2D eigenvalue weighted by Gasteiger charge is -2.09. The van der Waals surface area contributed by atoms with E-state index in [2.05, 4.69) is 40.3 Å². The molecule has 0 aromatic heterocycles. The second kappa shape index (κ2) is 8.15. The normalized spacial score (nSPS) is 10.6. The van der Waals surface area contributed by atoms with Gasteiger partial charge in [0.05, 0.1) is 0 Å². The number of rotatable bonds is 7. The number of hydrogen-bond donors (Lipinski definition) is 1. The Morgan fingerprint density at radius 3 is 2.76 bits per heavy atom. The smallest absolute Gasteiger partial charge is 0.165 e. The summed E-state index contributed by atoms with van der Waals surface area (Å²) in [6, 6.07) is 12.8. The Balaban J connectivity index is 1.96. The van der Waals surface area contributed by atoms with Crippen LogP contribution in [0.1, 0.15) is 24.5 Å². The zero-order chi connectivity index (χ0) is 15.1. The third-order valence-electron chi connectivity index (χ3n) is 3.03. The summed E-state index contributed by atoms with van der Waals surface area (Å²) in [6.07, 6.45) is 1.12. The van der Waals surface area contributed by atoms with Gasteiger partial charge in [-0.05, 0) is 42.3 Å². The molecule has 1 N–H and O–H groups in total. The van der Waals surface area contributed by atoms with E-state index in [-0.39, 0.29) is 11.6 Å². The van der Waals surface area contributed by atoms with E-state index in [1.807, 2.05) is 12.1 Å². The first-order valence-corrected chi connectivity index (χ1v) is 7.84. The predicted molar refractivity (Wildman–Crippen MR) is 86.9 cm³/mol. The number of halogens is 2. The lowest BCUT2D eigenvalue weighted by molar-refractivity contribution is 0.290. The predicted octanol–water partition coefficient (Wildman–Crippen LogP) is 4.67. The van der Waals surface area contributed by atoms with Crippen molar-refractivity contribution in [3.63, 3.8) is 0 Å². The molecule has 2 aromatic rings. The van der Waals surface area contributed by atoms with Crippen LogP contribution in [0.25, 0.3) is 0 Å². The number of ether oxygens (including phenoxy) is 1. The highest BCUT2D eigenvalue weighted by atomic mass is 79.9.